The Morgan fingerprint density at radius 2 is 2.00 bits per heavy atom. The highest BCUT2D eigenvalue weighted by molar-refractivity contribution is 5.98. The van der Waals surface area contributed by atoms with Gasteiger partial charge in [-0.1, -0.05) is 24.3 Å². The van der Waals surface area contributed by atoms with Crippen LogP contribution in [0, 0.1) is 6.92 Å². The van der Waals surface area contributed by atoms with Gasteiger partial charge in [0.25, 0.3) is 5.91 Å². The molecule has 0 spiro atoms. The highest BCUT2D eigenvalue weighted by Gasteiger charge is 2.10. The van der Waals surface area contributed by atoms with Gasteiger partial charge in [-0.25, -0.2) is 4.98 Å². The van der Waals surface area contributed by atoms with Crippen molar-refractivity contribution in [3.63, 3.8) is 0 Å². The van der Waals surface area contributed by atoms with Crippen molar-refractivity contribution in [1.82, 2.24) is 10.3 Å². The van der Waals surface area contributed by atoms with Gasteiger partial charge in [-0.15, -0.1) is 0 Å². The molecule has 4 nitrogen and oxygen atoms in total. The lowest BCUT2D eigenvalue weighted by atomic mass is 10.1. The molecule has 0 unspecified atom stereocenters. The van der Waals surface area contributed by atoms with E-state index in [-0.39, 0.29) is 5.91 Å². The molecule has 98 valence electrons. The summed E-state index contributed by atoms with van der Waals surface area (Å²) in [5.41, 5.74) is 2.84. The van der Waals surface area contributed by atoms with Crippen molar-refractivity contribution in [2.75, 3.05) is 12.4 Å². The number of hydrogen-bond donors (Lipinski definition) is 2. The number of carbonyl (C=O) groups is 1. The summed E-state index contributed by atoms with van der Waals surface area (Å²) in [7, 11) is 1.75. The molecule has 0 radical (unpaired) electrons. The topological polar surface area (TPSA) is 54.0 Å². The molecule has 1 heterocycles. The quantitative estimate of drug-likeness (QED) is 0.881. The fourth-order valence-electron chi connectivity index (χ4n) is 1.87. The molecule has 0 saturated heterocycles. The zero-order valence-electron chi connectivity index (χ0n) is 11.1. The number of aromatic nitrogens is 1. The molecule has 2 N–H and O–H groups in total. The average molecular weight is 255 g/mol. The fourth-order valence-corrected chi connectivity index (χ4v) is 1.87. The maximum absolute atomic E-state index is 12.1. The van der Waals surface area contributed by atoms with Crippen LogP contribution in [-0.4, -0.2) is 17.9 Å². The predicted octanol–water partition coefficient (Wildman–Crippen LogP) is 2.36. The van der Waals surface area contributed by atoms with Gasteiger partial charge in [-0.05, 0) is 30.2 Å². The first kappa shape index (κ1) is 13.1. The highest BCUT2D eigenvalue weighted by Crippen LogP contribution is 2.11. The van der Waals surface area contributed by atoms with Crippen LogP contribution in [0.1, 0.15) is 21.5 Å². The second-order valence-corrected chi connectivity index (χ2v) is 4.26. The number of benzene rings is 1. The Bertz CT molecular complexity index is 581. The number of carbonyl (C=O) groups excluding carboxylic acids is 1. The summed E-state index contributed by atoms with van der Waals surface area (Å²) in [6, 6.07) is 11.5. The minimum Gasteiger partial charge on any atom is -0.372 e. The summed E-state index contributed by atoms with van der Waals surface area (Å²) in [6.07, 6.45) is 1.66. The van der Waals surface area contributed by atoms with Crippen LogP contribution in [0.5, 0.6) is 0 Å². The monoisotopic (exact) mass is 255 g/mol. The van der Waals surface area contributed by atoms with E-state index in [0.29, 0.717) is 17.9 Å². The van der Waals surface area contributed by atoms with Crippen LogP contribution in [0.25, 0.3) is 0 Å². The van der Waals surface area contributed by atoms with Crippen LogP contribution in [0.15, 0.2) is 42.6 Å². The molecule has 0 aliphatic rings. The number of nitrogens with zero attached hydrogens (tertiary/aromatic N) is 1. The number of pyridine rings is 1. The molecule has 0 saturated carbocycles. The van der Waals surface area contributed by atoms with E-state index in [9.17, 15) is 4.79 Å². The second-order valence-electron chi connectivity index (χ2n) is 4.26. The third-order valence-corrected chi connectivity index (χ3v) is 2.99. The van der Waals surface area contributed by atoms with E-state index in [2.05, 4.69) is 15.6 Å². The first-order chi connectivity index (χ1) is 9.22. The molecule has 19 heavy (non-hydrogen) atoms. The maximum atomic E-state index is 12.1. The van der Waals surface area contributed by atoms with E-state index >= 15 is 0 Å². The Labute approximate surface area is 112 Å². The van der Waals surface area contributed by atoms with Gasteiger partial charge in [-0.3, -0.25) is 4.79 Å². The maximum Gasteiger partial charge on any atom is 0.255 e. The van der Waals surface area contributed by atoms with Crippen LogP contribution in [0.2, 0.25) is 0 Å². The Balaban J connectivity index is 2.08. The summed E-state index contributed by atoms with van der Waals surface area (Å²) in [5, 5.41) is 5.83. The molecule has 1 aromatic heterocycles. The smallest absolute Gasteiger partial charge is 0.255 e. The average Bonchev–Trinajstić information content (AvgIpc) is 2.46. The van der Waals surface area contributed by atoms with Crippen molar-refractivity contribution in [3.8, 4) is 0 Å². The molecule has 0 fully saturated rings. The van der Waals surface area contributed by atoms with Crippen LogP contribution >= 0.6 is 0 Å². The molecule has 1 amide bonds. The Morgan fingerprint density at radius 1 is 1.21 bits per heavy atom. The molecule has 0 atom stereocenters. The Hall–Kier alpha value is -2.36. The van der Waals surface area contributed by atoms with Gasteiger partial charge in [0.05, 0.1) is 5.56 Å². The number of rotatable bonds is 4. The number of nitrogens with one attached hydrogen (secondary N) is 2. The van der Waals surface area contributed by atoms with E-state index in [1.165, 1.54) is 5.56 Å². The molecule has 0 bridgehead atoms. The first-order valence-corrected chi connectivity index (χ1v) is 6.18. The third-order valence-electron chi connectivity index (χ3n) is 2.99. The van der Waals surface area contributed by atoms with Gasteiger partial charge < -0.3 is 10.6 Å². The molecule has 4 heteroatoms. The van der Waals surface area contributed by atoms with Gasteiger partial charge in [-0.2, -0.15) is 0 Å². The molecular formula is C15H17N3O. The zero-order valence-corrected chi connectivity index (χ0v) is 11.1. The van der Waals surface area contributed by atoms with Crippen molar-refractivity contribution >= 4 is 11.7 Å². The number of aryl methyl sites for hydroxylation is 1. The zero-order chi connectivity index (χ0) is 13.7. The largest absolute Gasteiger partial charge is 0.372 e. The van der Waals surface area contributed by atoms with Crippen molar-refractivity contribution < 1.29 is 4.79 Å². The van der Waals surface area contributed by atoms with Crippen molar-refractivity contribution in [3.05, 3.63) is 59.3 Å². The van der Waals surface area contributed by atoms with E-state index in [1.54, 1.807) is 25.4 Å². The van der Waals surface area contributed by atoms with Gasteiger partial charge in [0.1, 0.15) is 5.82 Å². The lowest BCUT2D eigenvalue weighted by molar-refractivity contribution is 0.0951. The molecular weight excluding hydrogens is 238 g/mol. The number of amides is 1. The molecule has 2 aromatic rings. The summed E-state index contributed by atoms with van der Waals surface area (Å²) in [4.78, 5) is 16.2. The normalized spacial score (nSPS) is 10.0. The van der Waals surface area contributed by atoms with Gasteiger partial charge >= 0.3 is 0 Å². The van der Waals surface area contributed by atoms with Crippen LogP contribution < -0.4 is 10.6 Å². The SMILES string of the molecule is CNc1ncccc1C(=O)NCc1ccccc1C. The highest BCUT2D eigenvalue weighted by atomic mass is 16.1. The molecule has 0 aliphatic carbocycles. The summed E-state index contributed by atoms with van der Waals surface area (Å²) in [6.45, 7) is 2.55. The molecule has 0 aliphatic heterocycles. The number of anilines is 1. The van der Waals surface area contributed by atoms with Crippen LogP contribution in [0.3, 0.4) is 0 Å². The van der Waals surface area contributed by atoms with Gasteiger partial charge in [0, 0.05) is 19.8 Å². The van der Waals surface area contributed by atoms with E-state index in [1.807, 2.05) is 31.2 Å². The third kappa shape index (κ3) is 3.10. The van der Waals surface area contributed by atoms with Gasteiger partial charge in [0.15, 0.2) is 0 Å². The first-order valence-electron chi connectivity index (χ1n) is 6.18. The Morgan fingerprint density at radius 3 is 2.74 bits per heavy atom. The summed E-state index contributed by atoms with van der Waals surface area (Å²) >= 11 is 0. The van der Waals surface area contributed by atoms with Crippen LogP contribution in [0.4, 0.5) is 5.82 Å². The number of hydrogen-bond acceptors (Lipinski definition) is 3. The van der Waals surface area contributed by atoms with Crippen molar-refractivity contribution in [2.45, 2.75) is 13.5 Å². The summed E-state index contributed by atoms with van der Waals surface area (Å²) < 4.78 is 0. The lowest BCUT2D eigenvalue weighted by Gasteiger charge is -2.10. The van der Waals surface area contributed by atoms with E-state index < -0.39 is 0 Å². The minimum atomic E-state index is -0.124. The fraction of sp³-hybridized carbons (Fsp3) is 0.200. The predicted molar refractivity (Wildman–Crippen MR) is 76.1 cm³/mol. The standard InChI is InChI=1S/C15H17N3O/c1-11-6-3-4-7-12(11)10-18-15(19)13-8-5-9-17-14(13)16-2/h3-9H,10H2,1-2H3,(H,16,17)(H,18,19). The van der Waals surface area contributed by atoms with Gasteiger partial charge in [0.2, 0.25) is 0 Å². The van der Waals surface area contributed by atoms with E-state index in [0.717, 1.165) is 5.56 Å². The lowest BCUT2D eigenvalue weighted by Crippen LogP contribution is -2.24. The minimum absolute atomic E-state index is 0.124. The molecule has 1 aromatic carbocycles. The van der Waals surface area contributed by atoms with Crippen molar-refractivity contribution in [2.24, 2.45) is 0 Å². The van der Waals surface area contributed by atoms with Crippen molar-refractivity contribution in [1.29, 1.82) is 0 Å². The Kier molecular flexibility index (Phi) is 4.13. The van der Waals surface area contributed by atoms with E-state index in [4.69, 9.17) is 0 Å². The van der Waals surface area contributed by atoms with Crippen LogP contribution in [-0.2, 0) is 6.54 Å². The molecule has 2 rings (SSSR count). The second kappa shape index (κ2) is 6.00. The summed E-state index contributed by atoms with van der Waals surface area (Å²) in [5.74, 6) is 0.463.